The highest BCUT2D eigenvalue weighted by molar-refractivity contribution is 5.70. The van der Waals surface area contributed by atoms with Gasteiger partial charge in [-0.2, -0.15) is 0 Å². The summed E-state index contributed by atoms with van der Waals surface area (Å²) in [6, 6.07) is 13.8. The highest BCUT2D eigenvalue weighted by Crippen LogP contribution is 2.25. The van der Waals surface area contributed by atoms with Crippen LogP contribution in [0.1, 0.15) is 18.5 Å². The molecule has 2 heterocycles. The standard InChI is InChI=1S/C17H15FN2O/c1-11(19)15-9-14-8-7-13(18)10-20(14)17(21)16(15)12-5-3-2-4-6-12/h2-11H,19H2,1H3/t11-/m0/s1. The van der Waals surface area contributed by atoms with E-state index in [-0.39, 0.29) is 11.6 Å². The van der Waals surface area contributed by atoms with Gasteiger partial charge in [0.25, 0.3) is 5.56 Å². The average molecular weight is 282 g/mol. The minimum atomic E-state index is -0.447. The van der Waals surface area contributed by atoms with Gasteiger partial charge in [0, 0.05) is 17.8 Å². The van der Waals surface area contributed by atoms with Crippen LogP contribution in [0.3, 0.4) is 0 Å². The van der Waals surface area contributed by atoms with Crippen LogP contribution >= 0.6 is 0 Å². The van der Waals surface area contributed by atoms with Crippen molar-refractivity contribution in [3.05, 3.63) is 76.5 Å². The first-order valence-electron chi connectivity index (χ1n) is 6.74. The second-order valence-corrected chi connectivity index (χ2v) is 5.08. The maximum absolute atomic E-state index is 13.4. The lowest BCUT2D eigenvalue weighted by Crippen LogP contribution is -2.21. The Morgan fingerprint density at radius 3 is 2.52 bits per heavy atom. The molecule has 3 aromatic rings. The lowest BCUT2D eigenvalue weighted by atomic mass is 9.97. The third-order valence-corrected chi connectivity index (χ3v) is 3.52. The maximum Gasteiger partial charge on any atom is 0.263 e. The van der Waals surface area contributed by atoms with Crippen LogP contribution in [0.4, 0.5) is 4.39 Å². The summed E-state index contributed by atoms with van der Waals surface area (Å²) in [5, 5.41) is 0. The largest absolute Gasteiger partial charge is 0.324 e. The van der Waals surface area contributed by atoms with E-state index in [9.17, 15) is 9.18 Å². The second kappa shape index (κ2) is 5.14. The number of rotatable bonds is 2. The van der Waals surface area contributed by atoms with E-state index in [1.165, 1.54) is 16.7 Å². The van der Waals surface area contributed by atoms with E-state index < -0.39 is 5.82 Å². The van der Waals surface area contributed by atoms with Crippen LogP contribution in [-0.4, -0.2) is 4.40 Å². The van der Waals surface area contributed by atoms with Crippen molar-refractivity contribution in [2.24, 2.45) is 5.73 Å². The monoisotopic (exact) mass is 282 g/mol. The molecule has 3 rings (SSSR count). The van der Waals surface area contributed by atoms with Crippen molar-refractivity contribution >= 4 is 5.52 Å². The smallest absolute Gasteiger partial charge is 0.263 e. The van der Waals surface area contributed by atoms with Gasteiger partial charge < -0.3 is 5.73 Å². The van der Waals surface area contributed by atoms with Crippen molar-refractivity contribution in [3.8, 4) is 11.1 Å². The number of halogens is 1. The maximum atomic E-state index is 13.4. The molecule has 0 saturated heterocycles. The van der Waals surface area contributed by atoms with E-state index in [2.05, 4.69) is 0 Å². The Hall–Kier alpha value is -2.46. The van der Waals surface area contributed by atoms with Gasteiger partial charge in [-0.05, 0) is 36.2 Å². The van der Waals surface area contributed by atoms with Crippen molar-refractivity contribution in [2.75, 3.05) is 0 Å². The summed E-state index contributed by atoms with van der Waals surface area (Å²) in [6.07, 6.45) is 1.20. The van der Waals surface area contributed by atoms with Crippen LogP contribution in [-0.2, 0) is 0 Å². The second-order valence-electron chi connectivity index (χ2n) is 5.08. The summed E-state index contributed by atoms with van der Waals surface area (Å²) < 4.78 is 14.7. The molecule has 0 radical (unpaired) electrons. The van der Waals surface area contributed by atoms with E-state index in [0.717, 1.165) is 11.1 Å². The van der Waals surface area contributed by atoms with E-state index in [1.54, 1.807) is 6.07 Å². The van der Waals surface area contributed by atoms with Gasteiger partial charge in [-0.15, -0.1) is 0 Å². The van der Waals surface area contributed by atoms with Crippen LogP contribution < -0.4 is 11.3 Å². The minimum absolute atomic E-state index is 0.259. The SMILES string of the molecule is C[C@H](N)c1cc2ccc(F)cn2c(=O)c1-c1ccccc1. The molecule has 0 unspecified atom stereocenters. The number of fused-ring (bicyclic) bond motifs is 1. The molecule has 0 amide bonds. The lowest BCUT2D eigenvalue weighted by Gasteiger charge is -2.14. The van der Waals surface area contributed by atoms with E-state index in [4.69, 9.17) is 5.73 Å². The number of benzene rings is 1. The first kappa shape index (κ1) is 13.5. The topological polar surface area (TPSA) is 47.5 Å². The van der Waals surface area contributed by atoms with Gasteiger partial charge in [0.15, 0.2) is 0 Å². The van der Waals surface area contributed by atoms with Gasteiger partial charge in [-0.25, -0.2) is 4.39 Å². The summed E-state index contributed by atoms with van der Waals surface area (Å²) in [7, 11) is 0. The Kier molecular flexibility index (Phi) is 3.31. The number of pyridine rings is 2. The zero-order valence-corrected chi connectivity index (χ0v) is 11.6. The van der Waals surface area contributed by atoms with Gasteiger partial charge in [-0.1, -0.05) is 30.3 Å². The molecule has 0 aliphatic heterocycles. The molecule has 1 atom stereocenters. The summed E-state index contributed by atoms with van der Waals surface area (Å²) in [5.41, 5.74) is 8.46. The van der Waals surface area contributed by atoms with Gasteiger partial charge in [0.05, 0.1) is 5.56 Å². The van der Waals surface area contributed by atoms with Crippen molar-refractivity contribution in [3.63, 3.8) is 0 Å². The fourth-order valence-electron chi connectivity index (χ4n) is 2.51. The fourth-order valence-corrected chi connectivity index (χ4v) is 2.51. The normalized spacial score (nSPS) is 12.5. The van der Waals surface area contributed by atoms with Crippen molar-refractivity contribution in [1.82, 2.24) is 4.40 Å². The zero-order valence-electron chi connectivity index (χ0n) is 11.6. The van der Waals surface area contributed by atoms with E-state index in [1.807, 2.05) is 43.3 Å². The quantitative estimate of drug-likeness (QED) is 0.785. The number of hydrogen-bond donors (Lipinski definition) is 1. The van der Waals surface area contributed by atoms with E-state index in [0.29, 0.717) is 11.1 Å². The number of nitrogens with zero attached hydrogens (tertiary/aromatic N) is 1. The molecule has 3 nitrogen and oxygen atoms in total. The molecular weight excluding hydrogens is 267 g/mol. The first-order valence-corrected chi connectivity index (χ1v) is 6.74. The summed E-state index contributed by atoms with van der Waals surface area (Å²) in [6.45, 7) is 1.83. The zero-order chi connectivity index (χ0) is 15.0. The third-order valence-electron chi connectivity index (χ3n) is 3.52. The molecule has 2 N–H and O–H groups in total. The Morgan fingerprint density at radius 1 is 1.14 bits per heavy atom. The Bertz CT molecular complexity index is 854. The summed E-state index contributed by atoms with van der Waals surface area (Å²) in [4.78, 5) is 12.7. The molecule has 0 aliphatic rings. The van der Waals surface area contributed by atoms with Gasteiger partial charge in [0.2, 0.25) is 0 Å². The van der Waals surface area contributed by atoms with Crippen molar-refractivity contribution in [1.29, 1.82) is 0 Å². The van der Waals surface area contributed by atoms with Crippen molar-refractivity contribution in [2.45, 2.75) is 13.0 Å². The van der Waals surface area contributed by atoms with Crippen LogP contribution in [0.2, 0.25) is 0 Å². The predicted octanol–water partition coefficient (Wildman–Crippen LogP) is 3.13. The molecule has 2 aromatic heterocycles. The number of hydrogen-bond acceptors (Lipinski definition) is 2. The Morgan fingerprint density at radius 2 is 1.86 bits per heavy atom. The number of aromatic nitrogens is 1. The summed E-state index contributed by atoms with van der Waals surface area (Å²) in [5.74, 6) is -0.447. The molecule has 0 fully saturated rings. The molecule has 0 spiro atoms. The van der Waals surface area contributed by atoms with Gasteiger partial charge >= 0.3 is 0 Å². The molecule has 1 aromatic carbocycles. The first-order chi connectivity index (χ1) is 10.1. The van der Waals surface area contributed by atoms with Crippen LogP contribution in [0.15, 0.2) is 59.5 Å². The lowest BCUT2D eigenvalue weighted by molar-refractivity contribution is 0.618. The van der Waals surface area contributed by atoms with Crippen molar-refractivity contribution < 1.29 is 4.39 Å². The Balaban J connectivity index is 2.43. The van der Waals surface area contributed by atoms with Crippen LogP contribution in [0.5, 0.6) is 0 Å². The highest BCUT2D eigenvalue weighted by atomic mass is 19.1. The average Bonchev–Trinajstić information content (AvgIpc) is 2.48. The molecule has 0 aliphatic carbocycles. The van der Waals surface area contributed by atoms with Crippen LogP contribution in [0, 0.1) is 5.82 Å². The molecular formula is C17H15FN2O. The molecule has 21 heavy (non-hydrogen) atoms. The van der Waals surface area contributed by atoms with Gasteiger partial charge in [0.1, 0.15) is 5.82 Å². The third kappa shape index (κ3) is 2.34. The predicted molar refractivity (Wildman–Crippen MR) is 81.7 cm³/mol. The fraction of sp³-hybridized carbons (Fsp3) is 0.118. The highest BCUT2D eigenvalue weighted by Gasteiger charge is 2.15. The molecule has 4 heteroatoms. The number of nitrogens with two attached hydrogens (primary N) is 1. The minimum Gasteiger partial charge on any atom is -0.324 e. The molecule has 106 valence electrons. The Labute approximate surface area is 121 Å². The summed E-state index contributed by atoms with van der Waals surface area (Å²) >= 11 is 0. The van der Waals surface area contributed by atoms with Crippen LogP contribution in [0.25, 0.3) is 16.6 Å². The molecule has 0 saturated carbocycles. The molecule has 0 bridgehead atoms. The van der Waals surface area contributed by atoms with Gasteiger partial charge in [-0.3, -0.25) is 9.20 Å². The van der Waals surface area contributed by atoms with E-state index >= 15 is 0 Å².